The minimum Gasteiger partial charge on any atom is -0.301 e. The Bertz CT molecular complexity index is 519. The van der Waals surface area contributed by atoms with Crippen LogP contribution in [0.15, 0.2) is 29.8 Å². The number of likely N-dealkylation sites (N-methyl/N-ethyl adjacent to an activating group) is 1. The van der Waals surface area contributed by atoms with Gasteiger partial charge in [-0.3, -0.25) is 0 Å². The van der Waals surface area contributed by atoms with Gasteiger partial charge in [0.2, 0.25) is 0 Å². The number of hydrogen-bond acceptors (Lipinski definition) is 1. The lowest BCUT2D eigenvalue weighted by atomic mass is 9.78. The predicted octanol–water partition coefficient (Wildman–Crippen LogP) is 3.99. The third-order valence-electron chi connectivity index (χ3n) is 4.42. The Morgan fingerprint density at radius 3 is 2.68 bits per heavy atom. The van der Waals surface area contributed by atoms with E-state index in [9.17, 15) is 0 Å². The summed E-state index contributed by atoms with van der Waals surface area (Å²) in [5.41, 5.74) is 6.83. The highest BCUT2D eigenvalue weighted by Crippen LogP contribution is 2.43. The molecule has 0 N–H and O–H groups in total. The summed E-state index contributed by atoms with van der Waals surface area (Å²) in [5.74, 6) is 0.737. The molecule has 1 heteroatoms. The molecule has 1 nitrogen and oxygen atoms in total. The Labute approximate surface area is 117 Å². The molecule has 1 aromatic carbocycles. The Morgan fingerprint density at radius 2 is 1.95 bits per heavy atom. The molecule has 0 fully saturated rings. The average Bonchev–Trinajstić information content (AvgIpc) is 2.66. The summed E-state index contributed by atoms with van der Waals surface area (Å²) in [5, 5.41) is 0. The van der Waals surface area contributed by atoms with Gasteiger partial charge in [-0.05, 0) is 47.9 Å². The van der Waals surface area contributed by atoms with E-state index in [1.807, 2.05) is 0 Å². The first-order valence-corrected chi connectivity index (χ1v) is 7.43. The molecular formula is C18H25N. The van der Waals surface area contributed by atoms with Crippen molar-refractivity contribution in [1.29, 1.82) is 0 Å². The van der Waals surface area contributed by atoms with Gasteiger partial charge in [-0.25, -0.2) is 0 Å². The van der Waals surface area contributed by atoms with E-state index in [0.29, 0.717) is 5.41 Å². The summed E-state index contributed by atoms with van der Waals surface area (Å²) in [6.07, 6.45) is 2.49. The lowest BCUT2D eigenvalue weighted by Crippen LogP contribution is -2.35. The molecule has 1 aliphatic carbocycles. The van der Waals surface area contributed by atoms with Crippen molar-refractivity contribution in [2.45, 2.75) is 33.6 Å². The lowest BCUT2D eigenvalue weighted by Gasteiger charge is -2.35. The first-order valence-electron chi connectivity index (χ1n) is 7.43. The monoisotopic (exact) mass is 255 g/mol. The number of benzene rings is 1. The van der Waals surface area contributed by atoms with Crippen LogP contribution in [0.1, 0.15) is 38.3 Å². The van der Waals surface area contributed by atoms with E-state index in [0.717, 1.165) is 12.5 Å². The van der Waals surface area contributed by atoms with E-state index in [4.69, 9.17) is 0 Å². The van der Waals surface area contributed by atoms with Crippen molar-refractivity contribution in [2.75, 3.05) is 20.1 Å². The fourth-order valence-corrected chi connectivity index (χ4v) is 3.78. The molecule has 1 unspecified atom stereocenters. The molecule has 0 spiro atoms. The molecule has 0 radical (unpaired) electrons. The number of hydrogen-bond donors (Lipinski definition) is 0. The van der Waals surface area contributed by atoms with E-state index >= 15 is 0 Å². The number of rotatable bonds is 1. The Kier molecular flexibility index (Phi) is 3.05. The molecular weight excluding hydrogens is 230 g/mol. The maximum Gasteiger partial charge on any atom is 0.0236 e. The van der Waals surface area contributed by atoms with Gasteiger partial charge in [0.15, 0.2) is 0 Å². The van der Waals surface area contributed by atoms with Crippen molar-refractivity contribution in [3.8, 4) is 0 Å². The molecule has 0 aromatic heterocycles. The maximum atomic E-state index is 2.50. The topological polar surface area (TPSA) is 3.24 Å². The second-order valence-electron chi connectivity index (χ2n) is 7.50. The maximum absolute atomic E-state index is 2.50. The van der Waals surface area contributed by atoms with Gasteiger partial charge in [0.25, 0.3) is 0 Å². The third-order valence-corrected chi connectivity index (χ3v) is 4.42. The van der Waals surface area contributed by atoms with Crippen molar-refractivity contribution in [1.82, 2.24) is 4.90 Å². The molecule has 2 aliphatic rings. The van der Waals surface area contributed by atoms with Crippen LogP contribution < -0.4 is 0 Å². The SMILES string of the molecule is CN1CC2=C(Cc3ccccc32)C(CC(C)(C)C)C1. The average molecular weight is 255 g/mol. The normalized spacial score (nSPS) is 23.5. The van der Waals surface area contributed by atoms with Crippen molar-refractivity contribution in [2.24, 2.45) is 11.3 Å². The van der Waals surface area contributed by atoms with E-state index in [1.165, 1.54) is 24.9 Å². The second-order valence-corrected chi connectivity index (χ2v) is 7.50. The summed E-state index contributed by atoms with van der Waals surface area (Å²) >= 11 is 0. The molecule has 19 heavy (non-hydrogen) atoms. The van der Waals surface area contributed by atoms with Crippen LogP contribution in [0.5, 0.6) is 0 Å². The van der Waals surface area contributed by atoms with Gasteiger partial charge < -0.3 is 4.90 Å². The van der Waals surface area contributed by atoms with Gasteiger partial charge in [0.05, 0.1) is 0 Å². The first kappa shape index (κ1) is 12.9. The molecule has 1 atom stereocenters. The van der Waals surface area contributed by atoms with E-state index < -0.39 is 0 Å². The molecule has 1 heterocycles. The van der Waals surface area contributed by atoms with Crippen molar-refractivity contribution < 1.29 is 0 Å². The third kappa shape index (κ3) is 2.49. The molecule has 1 aliphatic heterocycles. The van der Waals surface area contributed by atoms with Crippen LogP contribution in [0, 0.1) is 11.3 Å². The summed E-state index contributed by atoms with van der Waals surface area (Å²) in [4.78, 5) is 2.50. The van der Waals surface area contributed by atoms with Gasteiger partial charge in [0, 0.05) is 13.1 Å². The Hall–Kier alpha value is -1.08. The zero-order valence-corrected chi connectivity index (χ0v) is 12.7. The molecule has 102 valence electrons. The molecule has 0 amide bonds. The molecule has 0 saturated carbocycles. The van der Waals surface area contributed by atoms with Gasteiger partial charge in [0.1, 0.15) is 0 Å². The number of fused-ring (bicyclic) bond motifs is 2. The first-order chi connectivity index (χ1) is 8.94. The van der Waals surface area contributed by atoms with Crippen molar-refractivity contribution in [3.63, 3.8) is 0 Å². The minimum absolute atomic E-state index is 0.412. The highest BCUT2D eigenvalue weighted by molar-refractivity contribution is 5.78. The summed E-state index contributed by atoms with van der Waals surface area (Å²) in [6.45, 7) is 9.45. The molecule has 1 aromatic rings. The van der Waals surface area contributed by atoms with E-state index in [-0.39, 0.29) is 0 Å². The molecule has 0 saturated heterocycles. The fourth-order valence-electron chi connectivity index (χ4n) is 3.78. The van der Waals surface area contributed by atoms with E-state index in [2.05, 4.69) is 57.0 Å². The van der Waals surface area contributed by atoms with Crippen molar-refractivity contribution in [3.05, 3.63) is 41.0 Å². The Balaban J connectivity index is 1.96. The predicted molar refractivity (Wildman–Crippen MR) is 82.1 cm³/mol. The summed E-state index contributed by atoms with van der Waals surface area (Å²) in [7, 11) is 2.26. The fraction of sp³-hybridized carbons (Fsp3) is 0.556. The zero-order valence-electron chi connectivity index (χ0n) is 12.7. The smallest absolute Gasteiger partial charge is 0.0236 e. The van der Waals surface area contributed by atoms with Crippen LogP contribution in [0.25, 0.3) is 5.57 Å². The lowest BCUT2D eigenvalue weighted by molar-refractivity contribution is 0.241. The zero-order chi connectivity index (χ0) is 13.6. The van der Waals surface area contributed by atoms with Gasteiger partial charge in [-0.1, -0.05) is 50.6 Å². The van der Waals surface area contributed by atoms with Gasteiger partial charge in [-0.2, -0.15) is 0 Å². The summed E-state index contributed by atoms with van der Waals surface area (Å²) in [6, 6.07) is 8.98. The standard InChI is InChI=1S/C18H25N/c1-18(2,3)10-14-11-19(4)12-17-15-8-6-5-7-13(15)9-16(14)17/h5-8,14H,9-12H2,1-4H3. The van der Waals surface area contributed by atoms with Crippen LogP contribution >= 0.6 is 0 Å². The van der Waals surface area contributed by atoms with Crippen LogP contribution in [0.2, 0.25) is 0 Å². The largest absolute Gasteiger partial charge is 0.301 e. The van der Waals surface area contributed by atoms with Gasteiger partial charge >= 0.3 is 0 Å². The number of nitrogens with zero attached hydrogens (tertiary/aromatic N) is 1. The van der Waals surface area contributed by atoms with Crippen LogP contribution in [-0.4, -0.2) is 25.0 Å². The summed E-state index contributed by atoms with van der Waals surface area (Å²) < 4.78 is 0. The van der Waals surface area contributed by atoms with Gasteiger partial charge in [-0.15, -0.1) is 0 Å². The van der Waals surface area contributed by atoms with E-state index in [1.54, 1.807) is 16.7 Å². The Morgan fingerprint density at radius 1 is 1.21 bits per heavy atom. The molecule has 3 rings (SSSR count). The molecule has 0 bridgehead atoms. The van der Waals surface area contributed by atoms with Crippen molar-refractivity contribution >= 4 is 5.57 Å². The van der Waals surface area contributed by atoms with Crippen LogP contribution in [0.3, 0.4) is 0 Å². The van der Waals surface area contributed by atoms with Crippen LogP contribution in [0.4, 0.5) is 0 Å². The minimum atomic E-state index is 0.412. The quantitative estimate of drug-likeness (QED) is 0.733. The highest BCUT2D eigenvalue weighted by Gasteiger charge is 2.33. The highest BCUT2D eigenvalue weighted by atomic mass is 15.1. The second kappa shape index (κ2) is 4.49. The van der Waals surface area contributed by atoms with Crippen LogP contribution in [-0.2, 0) is 6.42 Å².